The van der Waals surface area contributed by atoms with E-state index in [1.807, 2.05) is 55.5 Å². The standard InChI is InChI=1S/C27H30N2O4/c1-19-7-8-24-23(15-19)25(30)21(18-32-24)17-29-13-11-27(12-14-29)10-9-22(33-27)16-28-26(31)20-5-3-2-4-6-20/h2-8,15,18,22H,9-14,16-17H2,1H3,(H,28,31)/t22-/m1/s1. The normalized spacial score (nSPS) is 20.3. The number of hydrogen-bond acceptors (Lipinski definition) is 5. The Hall–Kier alpha value is -2.96. The number of benzene rings is 2. The molecule has 1 amide bonds. The molecule has 1 N–H and O–H groups in total. The number of rotatable bonds is 5. The molecule has 6 nitrogen and oxygen atoms in total. The van der Waals surface area contributed by atoms with E-state index in [0.29, 0.717) is 35.2 Å². The molecule has 2 aliphatic rings. The lowest BCUT2D eigenvalue weighted by Gasteiger charge is -2.39. The van der Waals surface area contributed by atoms with Crippen LogP contribution in [0.3, 0.4) is 0 Å². The molecule has 0 bridgehead atoms. The van der Waals surface area contributed by atoms with Crippen molar-refractivity contribution in [3.8, 4) is 0 Å². The summed E-state index contributed by atoms with van der Waals surface area (Å²) in [4.78, 5) is 27.6. The molecule has 3 aromatic rings. The summed E-state index contributed by atoms with van der Waals surface area (Å²) in [6.45, 7) is 4.88. The predicted octanol–water partition coefficient (Wildman–Crippen LogP) is 4.05. The maximum Gasteiger partial charge on any atom is 0.251 e. The molecule has 0 radical (unpaired) electrons. The number of likely N-dealkylation sites (tertiary alicyclic amines) is 1. The average molecular weight is 447 g/mol. The third-order valence-corrected chi connectivity index (χ3v) is 7.03. The first-order valence-corrected chi connectivity index (χ1v) is 11.8. The molecular weight excluding hydrogens is 416 g/mol. The smallest absolute Gasteiger partial charge is 0.251 e. The van der Waals surface area contributed by atoms with Crippen molar-refractivity contribution in [2.24, 2.45) is 0 Å². The van der Waals surface area contributed by atoms with Crippen LogP contribution in [-0.2, 0) is 11.3 Å². The second kappa shape index (κ2) is 9.12. The first-order chi connectivity index (χ1) is 16.0. The van der Waals surface area contributed by atoms with Gasteiger partial charge in [0.2, 0.25) is 0 Å². The Kier molecular flexibility index (Phi) is 6.04. The summed E-state index contributed by atoms with van der Waals surface area (Å²) in [7, 11) is 0. The Morgan fingerprint density at radius 3 is 2.70 bits per heavy atom. The third-order valence-electron chi connectivity index (χ3n) is 7.03. The van der Waals surface area contributed by atoms with Gasteiger partial charge < -0.3 is 14.5 Å². The molecular formula is C27H30N2O4. The highest BCUT2D eigenvalue weighted by molar-refractivity contribution is 5.94. The Bertz CT molecular complexity index is 1200. The van der Waals surface area contributed by atoms with Crippen molar-refractivity contribution in [2.75, 3.05) is 19.6 Å². The molecule has 3 heterocycles. The molecule has 1 atom stereocenters. The molecule has 0 aliphatic carbocycles. The van der Waals surface area contributed by atoms with Crippen molar-refractivity contribution in [1.29, 1.82) is 0 Å². The van der Waals surface area contributed by atoms with Gasteiger partial charge in [-0.15, -0.1) is 0 Å². The Morgan fingerprint density at radius 2 is 1.91 bits per heavy atom. The molecule has 0 unspecified atom stereocenters. The summed E-state index contributed by atoms with van der Waals surface area (Å²) in [5.41, 5.74) is 3.02. The fourth-order valence-electron chi connectivity index (χ4n) is 5.06. The molecule has 6 heteroatoms. The van der Waals surface area contributed by atoms with Crippen LogP contribution in [0.1, 0.15) is 47.2 Å². The zero-order valence-corrected chi connectivity index (χ0v) is 19.0. The topological polar surface area (TPSA) is 71.8 Å². The van der Waals surface area contributed by atoms with Crippen molar-refractivity contribution < 1.29 is 13.9 Å². The summed E-state index contributed by atoms with van der Waals surface area (Å²) < 4.78 is 12.2. The summed E-state index contributed by atoms with van der Waals surface area (Å²) in [6, 6.07) is 15.0. The predicted molar refractivity (Wildman–Crippen MR) is 127 cm³/mol. The highest BCUT2D eigenvalue weighted by Crippen LogP contribution is 2.39. The molecule has 1 aromatic heterocycles. The average Bonchev–Trinajstić information content (AvgIpc) is 3.24. The number of nitrogens with zero attached hydrogens (tertiary/aromatic N) is 1. The minimum Gasteiger partial charge on any atom is -0.464 e. The van der Waals surface area contributed by atoms with E-state index in [1.165, 1.54) is 0 Å². The van der Waals surface area contributed by atoms with E-state index < -0.39 is 0 Å². The largest absolute Gasteiger partial charge is 0.464 e. The van der Waals surface area contributed by atoms with Crippen molar-refractivity contribution >= 4 is 16.9 Å². The Balaban J connectivity index is 1.15. The van der Waals surface area contributed by atoms with Crippen LogP contribution in [0.25, 0.3) is 11.0 Å². The molecule has 172 valence electrons. The van der Waals surface area contributed by atoms with Crippen LogP contribution < -0.4 is 10.7 Å². The minimum atomic E-state index is -0.107. The van der Waals surface area contributed by atoms with E-state index in [2.05, 4.69) is 10.2 Å². The van der Waals surface area contributed by atoms with Crippen LogP contribution in [0, 0.1) is 6.92 Å². The van der Waals surface area contributed by atoms with Gasteiger partial charge in [-0.3, -0.25) is 14.5 Å². The van der Waals surface area contributed by atoms with Crippen LogP contribution in [0.4, 0.5) is 0 Å². The lowest BCUT2D eigenvalue weighted by molar-refractivity contribution is -0.0765. The number of hydrogen-bond donors (Lipinski definition) is 1. The molecule has 2 saturated heterocycles. The van der Waals surface area contributed by atoms with Crippen molar-refractivity contribution in [2.45, 2.75) is 50.9 Å². The number of fused-ring (bicyclic) bond motifs is 1. The number of aryl methyl sites for hydroxylation is 1. The molecule has 2 fully saturated rings. The van der Waals surface area contributed by atoms with E-state index in [0.717, 1.165) is 44.3 Å². The minimum absolute atomic E-state index is 0.0555. The Morgan fingerprint density at radius 1 is 1.12 bits per heavy atom. The zero-order valence-electron chi connectivity index (χ0n) is 19.0. The van der Waals surface area contributed by atoms with Crippen LogP contribution in [0.2, 0.25) is 0 Å². The van der Waals surface area contributed by atoms with Gasteiger partial charge in [-0.1, -0.05) is 29.8 Å². The molecule has 5 rings (SSSR count). The van der Waals surface area contributed by atoms with Gasteiger partial charge in [0.1, 0.15) is 5.58 Å². The van der Waals surface area contributed by atoms with Crippen LogP contribution in [0.5, 0.6) is 0 Å². The second-order valence-electron chi connectivity index (χ2n) is 9.40. The summed E-state index contributed by atoms with van der Waals surface area (Å²) in [5.74, 6) is -0.0561. The van der Waals surface area contributed by atoms with Crippen molar-refractivity contribution in [3.63, 3.8) is 0 Å². The molecule has 0 saturated carbocycles. The van der Waals surface area contributed by atoms with Gasteiger partial charge in [-0.25, -0.2) is 0 Å². The van der Waals surface area contributed by atoms with Gasteiger partial charge in [-0.2, -0.15) is 0 Å². The number of ether oxygens (including phenoxy) is 1. The highest BCUT2D eigenvalue weighted by Gasteiger charge is 2.42. The van der Waals surface area contributed by atoms with Gasteiger partial charge in [0.15, 0.2) is 5.43 Å². The molecule has 2 aliphatic heterocycles. The number of carbonyl (C=O) groups excluding carboxylic acids is 1. The number of amides is 1. The molecule has 1 spiro atoms. The second-order valence-corrected chi connectivity index (χ2v) is 9.40. The lowest BCUT2D eigenvalue weighted by Crippen LogP contribution is -2.45. The summed E-state index contributed by atoms with van der Waals surface area (Å²) in [5, 5.41) is 3.66. The van der Waals surface area contributed by atoms with Gasteiger partial charge in [-0.05, 0) is 56.9 Å². The summed E-state index contributed by atoms with van der Waals surface area (Å²) >= 11 is 0. The van der Waals surface area contributed by atoms with E-state index in [4.69, 9.17) is 9.15 Å². The van der Waals surface area contributed by atoms with E-state index in [1.54, 1.807) is 6.26 Å². The summed E-state index contributed by atoms with van der Waals surface area (Å²) in [6.07, 6.45) is 5.52. The van der Waals surface area contributed by atoms with E-state index in [-0.39, 0.29) is 23.0 Å². The maximum atomic E-state index is 12.9. The maximum absolute atomic E-state index is 12.9. The number of nitrogens with one attached hydrogen (secondary N) is 1. The van der Waals surface area contributed by atoms with E-state index >= 15 is 0 Å². The molecule has 33 heavy (non-hydrogen) atoms. The van der Waals surface area contributed by atoms with Gasteiger partial charge in [0, 0.05) is 37.3 Å². The first kappa shape index (κ1) is 21.9. The highest BCUT2D eigenvalue weighted by atomic mass is 16.5. The van der Waals surface area contributed by atoms with Gasteiger partial charge in [0.25, 0.3) is 5.91 Å². The van der Waals surface area contributed by atoms with Crippen LogP contribution in [0.15, 0.2) is 64.0 Å². The van der Waals surface area contributed by atoms with E-state index in [9.17, 15) is 9.59 Å². The zero-order chi connectivity index (χ0) is 22.8. The third kappa shape index (κ3) is 4.72. The van der Waals surface area contributed by atoms with Gasteiger partial charge >= 0.3 is 0 Å². The van der Waals surface area contributed by atoms with Crippen molar-refractivity contribution in [3.05, 3.63) is 81.7 Å². The van der Waals surface area contributed by atoms with Gasteiger partial charge in [0.05, 0.1) is 23.4 Å². The van der Waals surface area contributed by atoms with Crippen molar-refractivity contribution in [1.82, 2.24) is 10.2 Å². The number of piperidine rings is 1. The van der Waals surface area contributed by atoms with Crippen LogP contribution >= 0.6 is 0 Å². The monoisotopic (exact) mass is 446 g/mol. The fraction of sp³-hybridized carbons (Fsp3) is 0.407. The lowest BCUT2D eigenvalue weighted by atomic mass is 9.88. The fourth-order valence-corrected chi connectivity index (χ4v) is 5.06. The number of carbonyl (C=O) groups is 1. The first-order valence-electron chi connectivity index (χ1n) is 11.8. The quantitative estimate of drug-likeness (QED) is 0.640. The van der Waals surface area contributed by atoms with Crippen LogP contribution in [-0.4, -0.2) is 42.1 Å². The molecule has 2 aromatic carbocycles. The SMILES string of the molecule is Cc1ccc2occ(CN3CCC4(CC[C@H](CNC(=O)c5ccccc5)O4)CC3)c(=O)c2c1. The Labute approximate surface area is 193 Å².